The Hall–Kier alpha value is -0.650. The molecule has 2 unspecified atom stereocenters. The highest BCUT2D eigenvalue weighted by molar-refractivity contribution is 5.81. The summed E-state index contributed by atoms with van der Waals surface area (Å²) in [5.74, 6) is -0.288. The van der Waals surface area contributed by atoms with E-state index in [1.54, 1.807) is 6.92 Å². The molecule has 84 valence electrons. The lowest BCUT2D eigenvalue weighted by molar-refractivity contribution is -0.131. The third kappa shape index (κ3) is 4.55. The predicted octanol–water partition coefficient (Wildman–Crippen LogP) is -0.763. The highest BCUT2D eigenvalue weighted by Crippen LogP contribution is 2.05. The summed E-state index contributed by atoms with van der Waals surface area (Å²) < 4.78 is 4.84. The van der Waals surface area contributed by atoms with E-state index in [-0.39, 0.29) is 19.0 Å². The van der Waals surface area contributed by atoms with Crippen LogP contribution in [0.2, 0.25) is 0 Å². The Kier molecular flexibility index (Phi) is 5.68. The molecule has 2 atom stereocenters. The Morgan fingerprint density at radius 1 is 1.71 bits per heavy atom. The van der Waals surface area contributed by atoms with Gasteiger partial charge in [0.25, 0.3) is 5.91 Å². The summed E-state index contributed by atoms with van der Waals surface area (Å²) >= 11 is 0. The van der Waals surface area contributed by atoms with Gasteiger partial charge in [0.1, 0.15) is 6.10 Å². The van der Waals surface area contributed by atoms with Crippen molar-refractivity contribution in [1.82, 2.24) is 5.32 Å². The molecular formula is C9H20N2O3. The lowest BCUT2D eigenvalue weighted by Gasteiger charge is -2.23. The zero-order valence-electron chi connectivity index (χ0n) is 9.04. The van der Waals surface area contributed by atoms with Crippen LogP contribution in [0.25, 0.3) is 0 Å². The van der Waals surface area contributed by atoms with Gasteiger partial charge < -0.3 is 20.9 Å². The second kappa shape index (κ2) is 5.95. The minimum atomic E-state index is -0.872. The predicted molar refractivity (Wildman–Crippen MR) is 53.8 cm³/mol. The number of carbonyl (C=O) groups is 1. The molecule has 0 aliphatic heterocycles. The Bertz CT molecular complexity index is 179. The average molecular weight is 204 g/mol. The number of amides is 1. The van der Waals surface area contributed by atoms with E-state index >= 15 is 0 Å². The number of hydrogen-bond donors (Lipinski definition) is 3. The van der Waals surface area contributed by atoms with Gasteiger partial charge in [-0.15, -0.1) is 0 Å². The van der Waals surface area contributed by atoms with E-state index in [9.17, 15) is 9.90 Å². The van der Waals surface area contributed by atoms with Crippen molar-refractivity contribution >= 4 is 5.91 Å². The number of methoxy groups -OCH3 is 1. The maximum absolute atomic E-state index is 11.3. The first-order valence-corrected chi connectivity index (χ1v) is 4.69. The summed E-state index contributed by atoms with van der Waals surface area (Å²) in [5.41, 5.74) is 4.44. The third-order valence-corrected chi connectivity index (χ3v) is 2.20. The molecule has 0 saturated heterocycles. The van der Waals surface area contributed by atoms with E-state index < -0.39 is 11.7 Å². The highest BCUT2D eigenvalue weighted by atomic mass is 16.5. The summed E-state index contributed by atoms with van der Waals surface area (Å²) in [5, 5.41) is 12.2. The molecule has 0 aromatic heterocycles. The third-order valence-electron chi connectivity index (χ3n) is 2.20. The first-order chi connectivity index (χ1) is 6.46. The highest BCUT2D eigenvalue weighted by Gasteiger charge is 2.21. The minimum Gasteiger partial charge on any atom is -0.388 e. The smallest absolute Gasteiger partial charge is 0.250 e. The van der Waals surface area contributed by atoms with Crippen molar-refractivity contribution in [2.45, 2.75) is 32.0 Å². The van der Waals surface area contributed by atoms with Crippen molar-refractivity contribution in [3.63, 3.8) is 0 Å². The van der Waals surface area contributed by atoms with Crippen LogP contribution in [0.4, 0.5) is 0 Å². The van der Waals surface area contributed by atoms with Crippen molar-refractivity contribution < 1.29 is 14.6 Å². The standard InChI is InChI=1S/C9H20N2O3/c1-4-9(2,13)6-11-8(12)7(5-10)14-3/h7,13H,4-6,10H2,1-3H3,(H,11,12). The first kappa shape index (κ1) is 13.4. The first-order valence-electron chi connectivity index (χ1n) is 4.69. The van der Waals surface area contributed by atoms with E-state index in [1.807, 2.05) is 6.92 Å². The Balaban J connectivity index is 3.95. The maximum Gasteiger partial charge on any atom is 0.250 e. The molecule has 0 aliphatic carbocycles. The summed E-state index contributed by atoms with van der Waals surface area (Å²) in [7, 11) is 1.43. The average Bonchev–Trinajstić information content (AvgIpc) is 2.17. The summed E-state index contributed by atoms with van der Waals surface area (Å²) in [6.07, 6.45) is -0.0595. The molecule has 4 N–H and O–H groups in total. The Morgan fingerprint density at radius 2 is 2.29 bits per heavy atom. The van der Waals surface area contributed by atoms with Gasteiger partial charge in [-0.1, -0.05) is 6.92 Å². The lowest BCUT2D eigenvalue weighted by atomic mass is 10.0. The minimum absolute atomic E-state index is 0.136. The van der Waals surface area contributed by atoms with Gasteiger partial charge in [0.2, 0.25) is 0 Å². The molecule has 0 spiro atoms. The SMILES string of the molecule is CCC(C)(O)CNC(=O)C(CN)OC. The molecular weight excluding hydrogens is 184 g/mol. The molecule has 0 aromatic rings. The zero-order chi connectivity index (χ0) is 11.2. The van der Waals surface area contributed by atoms with Gasteiger partial charge in [-0.25, -0.2) is 0 Å². The topological polar surface area (TPSA) is 84.6 Å². The van der Waals surface area contributed by atoms with Gasteiger partial charge in [0, 0.05) is 20.2 Å². The van der Waals surface area contributed by atoms with Crippen molar-refractivity contribution in [3.8, 4) is 0 Å². The molecule has 1 amide bonds. The maximum atomic E-state index is 11.3. The van der Waals surface area contributed by atoms with E-state index in [2.05, 4.69) is 5.32 Å². The molecule has 0 aromatic carbocycles. The fourth-order valence-corrected chi connectivity index (χ4v) is 0.827. The van der Waals surface area contributed by atoms with E-state index in [0.29, 0.717) is 6.42 Å². The van der Waals surface area contributed by atoms with Gasteiger partial charge in [-0.05, 0) is 13.3 Å². The normalized spacial score (nSPS) is 17.2. The molecule has 0 fully saturated rings. The second-order valence-corrected chi connectivity index (χ2v) is 3.53. The van der Waals surface area contributed by atoms with Crippen LogP contribution in [-0.4, -0.2) is 42.9 Å². The van der Waals surface area contributed by atoms with Crippen LogP contribution in [-0.2, 0) is 9.53 Å². The largest absolute Gasteiger partial charge is 0.388 e. The number of ether oxygens (including phenoxy) is 1. The molecule has 0 rings (SSSR count). The van der Waals surface area contributed by atoms with E-state index in [4.69, 9.17) is 10.5 Å². The second-order valence-electron chi connectivity index (χ2n) is 3.53. The number of carbonyl (C=O) groups excluding carboxylic acids is 1. The summed E-state index contributed by atoms with van der Waals surface area (Å²) in [6.45, 7) is 3.86. The van der Waals surface area contributed by atoms with E-state index in [1.165, 1.54) is 7.11 Å². The van der Waals surface area contributed by atoms with Crippen LogP contribution in [0.5, 0.6) is 0 Å². The molecule has 0 heterocycles. The number of nitrogens with two attached hydrogens (primary N) is 1. The molecule has 5 heteroatoms. The van der Waals surface area contributed by atoms with Crippen LogP contribution in [0.15, 0.2) is 0 Å². The number of nitrogens with one attached hydrogen (secondary N) is 1. The quantitative estimate of drug-likeness (QED) is 0.531. The van der Waals surface area contributed by atoms with Gasteiger partial charge in [0.15, 0.2) is 0 Å². The van der Waals surface area contributed by atoms with Crippen LogP contribution < -0.4 is 11.1 Å². The monoisotopic (exact) mass is 204 g/mol. The van der Waals surface area contributed by atoms with Crippen molar-refractivity contribution in [3.05, 3.63) is 0 Å². The zero-order valence-corrected chi connectivity index (χ0v) is 9.04. The Labute approximate surface area is 84.6 Å². The van der Waals surface area contributed by atoms with Crippen LogP contribution in [0.1, 0.15) is 20.3 Å². The Morgan fingerprint density at radius 3 is 2.64 bits per heavy atom. The number of rotatable bonds is 6. The molecule has 0 aliphatic rings. The summed E-state index contributed by atoms with van der Waals surface area (Å²) in [4.78, 5) is 11.3. The van der Waals surface area contributed by atoms with Gasteiger partial charge in [-0.2, -0.15) is 0 Å². The molecule has 14 heavy (non-hydrogen) atoms. The van der Waals surface area contributed by atoms with E-state index in [0.717, 1.165) is 0 Å². The van der Waals surface area contributed by atoms with Crippen LogP contribution in [0, 0.1) is 0 Å². The van der Waals surface area contributed by atoms with Crippen LogP contribution >= 0.6 is 0 Å². The van der Waals surface area contributed by atoms with Crippen molar-refractivity contribution in [2.75, 3.05) is 20.2 Å². The van der Waals surface area contributed by atoms with Crippen molar-refractivity contribution in [1.29, 1.82) is 0 Å². The van der Waals surface area contributed by atoms with Crippen LogP contribution in [0.3, 0.4) is 0 Å². The van der Waals surface area contributed by atoms with Crippen molar-refractivity contribution in [2.24, 2.45) is 5.73 Å². The molecule has 5 nitrogen and oxygen atoms in total. The van der Waals surface area contributed by atoms with Gasteiger partial charge in [-0.3, -0.25) is 4.79 Å². The van der Waals surface area contributed by atoms with Gasteiger partial charge >= 0.3 is 0 Å². The fourth-order valence-electron chi connectivity index (χ4n) is 0.827. The molecule has 0 radical (unpaired) electrons. The number of hydrogen-bond acceptors (Lipinski definition) is 4. The van der Waals surface area contributed by atoms with Gasteiger partial charge in [0.05, 0.1) is 5.60 Å². The molecule has 0 bridgehead atoms. The summed E-state index contributed by atoms with van der Waals surface area (Å²) in [6, 6.07) is 0. The fraction of sp³-hybridized carbons (Fsp3) is 0.889. The molecule has 0 saturated carbocycles. The number of aliphatic hydroxyl groups is 1. The lowest BCUT2D eigenvalue weighted by Crippen LogP contribution is -2.46.